The molecule has 5 aromatic heterocycles. The van der Waals surface area contributed by atoms with Crippen molar-refractivity contribution in [3.8, 4) is 56.3 Å². The molecule has 2 atom stereocenters. The van der Waals surface area contributed by atoms with Crippen LogP contribution in [0.25, 0.3) is 56.3 Å². The van der Waals surface area contributed by atoms with Crippen molar-refractivity contribution in [3.63, 3.8) is 0 Å². The number of likely N-dealkylation sites (tertiary alicyclic amines) is 4. The monoisotopic (exact) mass is 1870 g/mol. The van der Waals surface area contributed by atoms with Gasteiger partial charge in [0.15, 0.2) is 0 Å². The van der Waals surface area contributed by atoms with Crippen LogP contribution < -0.4 is 49.9 Å². The molecule has 5 aromatic carbocycles. The number of amides is 4. The zero-order valence-electron chi connectivity index (χ0n) is 79.1. The number of nitrogens with two attached hydrogens (primary N) is 5. The molecule has 7 fully saturated rings. The van der Waals surface area contributed by atoms with E-state index in [-0.39, 0.29) is 53.8 Å². The number of nitrogens with zero attached hydrogens (tertiary/aromatic N) is 15. The van der Waals surface area contributed by atoms with Crippen molar-refractivity contribution in [3.05, 3.63) is 181 Å². The molecule has 7 saturated heterocycles. The Morgan fingerprint density at radius 1 is 0.429 bits per heavy atom. The van der Waals surface area contributed by atoms with Crippen molar-refractivity contribution in [2.24, 2.45) is 17.8 Å². The standard InChI is InChI=1S/C23H33N5O2.C22H31N5O2.C20H26N4.C18H22ClN5O.C17H19Cl2N5O/c1-15-7-6-8-18(16(15)2)19-13-20(27-21(24)26-19)25-14-17-9-11-28(12-10-17)22(29)30-23(3,4)5;1-14-8-6-10-17(15(14)2)18-12-19(26-20(23)25-18)24-13-16-9-7-11-27(16)21(28)29-22(3,4)5;1-13-4-3-5-18(14(13)2)19-11-17(22-20(21)23-19)10-16-12-24-8-6-15(16)7-9-24;1-12-13(5-2-6-14(12)19)15-11-16(23-18(20)22-15)21-8-4-10-24-9-3-7-17(24)25;18-12-5-1-4-11(16(12)19)13-10-14(23-17(20)22-13)21-7-3-9-24-8-2-6-15(24)25/h6-8,13,17H,9-12,14H2,1-5H3,(H3,24,25,26,27);6,8,10,12,16H,7,9,11,13H2,1-5H3,(H3,23,24,25,26);3-5,11,15-16H,6-10,12H2,1-2H3,(H2,21,22,23);2,5-6,11H,3-4,7-10H2,1H3,(H3,20,21,22,23);1,4-5,10H,2-3,6-9H2,(H3,20,21,22,23)/t;;16-;;/m..1../s1. The fourth-order valence-electron chi connectivity index (χ4n) is 17.4. The van der Waals surface area contributed by atoms with E-state index in [1.807, 2.05) is 125 Å². The van der Waals surface area contributed by atoms with E-state index >= 15 is 0 Å². The summed E-state index contributed by atoms with van der Waals surface area (Å²) in [7, 11) is 0. The molecule has 0 saturated carbocycles. The summed E-state index contributed by atoms with van der Waals surface area (Å²) >= 11 is 18.5. The Morgan fingerprint density at radius 2 is 0.827 bits per heavy atom. The molecule has 30 nitrogen and oxygen atoms in total. The first kappa shape index (κ1) is 100. The van der Waals surface area contributed by atoms with Gasteiger partial charge >= 0.3 is 12.2 Å². The summed E-state index contributed by atoms with van der Waals surface area (Å²) in [5, 5.41) is 14.8. The molecular formula is C100H131Cl3N24O6. The molecule has 0 aliphatic carbocycles. The number of carbonyl (C=O) groups excluding carboxylic acids is 4. The second-order valence-electron chi connectivity index (χ2n) is 37.1. The van der Waals surface area contributed by atoms with Gasteiger partial charge in [0.25, 0.3) is 0 Å². The number of nitrogen functional groups attached to an aromatic ring is 5. The Balaban J connectivity index is 0.000000150. The quantitative estimate of drug-likeness (QED) is 0.0269. The zero-order valence-corrected chi connectivity index (χ0v) is 81.4. The SMILES string of the molecule is Cc1c(Cl)cccc1-c1cc(NCCCN2CCCC2=O)nc(N)n1.Cc1cccc(-c2cc(C[C@@H]3CN4CCC3CC4)nc(N)n2)c1C.Cc1cccc(-c2cc(NCC3CCCN3C(=O)OC(C)(C)C)nc(N)n2)c1C.Cc1cccc(-c2cc(NCC3CCN(C(=O)OC(C)(C)C)CC3)nc(N)n2)c1C.Nc1nc(NCCCN2CCCC2=O)cc(-c2cccc(Cl)c2Cl)n1. The van der Waals surface area contributed by atoms with E-state index in [9.17, 15) is 19.2 Å². The maximum absolute atomic E-state index is 12.5. The lowest BCUT2D eigenvalue weighted by Crippen LogP contribution is -2.48. The van der Waals surface area contributed by atoms with Gasteiger partial charge in [0.2, 0.25) is 41.6 Å². The molecule has 0 radical (unpaired) electrons. The van der Waals surface area contributed by atoms with Gasteiger partial charge in [-0.25, -0.2) is 39.5 Å². The topological polar surface area (TPSA) is 410 Å². The number of benzene rings is 5. The molecule has 0 spiro atoms. The molecule has 2 bridgehead atoms. The smallest absolute Gasteiger partial charge is 0.410 e. The largest absolute Gasteiger partial charge is 0.444 e. The molecule has 12 heterocycles. The predicted octanol–water partition coefficient (Wildman–Crippen LogP) is 18.4. The van der Waals surface area contributed by atoms with Gasteiger partial charge in [-0.3, -0.25) is 9.59 Å². The number of fused-ring (bicyclic) bond motifs is 3. The van der Waals surface area contributed by atoms with Crippen LogP contribution in [0.15, 0.2) is 121 Å². The van der Waals surface area contributed by atoms with E-state index in [4.69, 9.17) is 72.9 Å². The highest BCUT2D eigenvalue weighted by Crippen LogP contribution is 2.38. The van der Waals surface area contributed by atoms with Gasteiger partial charge in [0, 0.05) is 154 Å². The summed E-state index contributed by atoms with van der Waals surface area (Å²) in [5.41, 5.74) is 46.9. The van der Waals surface area contributed by atoms with Gasteiger partial charge < -0.3 is 83.9 Å². The average Bonchev–Trinajstić information content (AvgIpc) is 1.70. The number of nitrogens with one attached hydrogen (secondary N) is 4. The van der Waals surface area contributed by atoms with Crippen molar-refractivity contribution in [1.29, 1.82) is 0 Å². The fraction of sp³-hybridized carbons (Fsp3) is 0.460. The van der Waals surface area contributed by atoms with E-state index in [2.05, 4.69) is 160 Å². The first-order valence-electron chi connectivity index (χ1n) is 46.3. The highest BCUT2D eigenvalue weighted by molar-refractivity contribution is 6.43. The summed E-state index contributed by atoms with van der Waals surface area (Å²) in [6.07, 6.45) is 11.9. The molecule has 7 aliphatic heterocycles. The van der Waals surface area contributed by atoms with Crippen LogP contribution in [0.5, 0.6) is 0 Å². The first-order chi connectivity index (χ1) is 63.4. The van der Waals surface area contributed by atoms with Gasteiger partial charge in [0.1, 0.15) is 34.5 Å². The lowest BCUT2D eigenvalue weighted by atomic mass is 9.77. The number of rotatable bonds is 23. The summed E-state index contributed by atoms with van der Waals surface area (Å²) in [6.45, 7) is 37.8. The minimum absolute atomic E-state index is 0.0604. The average molecular weight is 1870 g/mol. The van der Waals surface area contributed by atoms with E-state index < -0.39 is 11.2 Å². The van der Waals surface area contributed by atoms with E-state index in [1.165, 1.54) is 71.4 Å². The number of hydrogen-bond donors (Lipinski definition) is 9. The minimum atomic E-state index is -0.501. The summed E-state index contributed by atoms with van der Waals surface area (Å²) in [5.74, 6) is 6.46. The number of ether oxygens (including phenoxy) is 2. The Bertz CT molecular complexity index is 5570. The normalized spacial score (nSPS) is 17.1. The highest BCUT2D eigenvalue weighted by atomic mass is 35.5. The summed E-state index contributed by atoms with van der Waals surface area (Å²) in [4.78, 5) is 101. The summed E-state index contributed by atoms with van der Waals surface area (Å²) in [6, 6.07) is 39.4. The number of anilines is 9. The zero-order chi connectivity index (χ0) is 95.4. The molecule has 1 unspecified atom stereocenters. The van der Waals surface area contributed by atoms with E-state index in [1.54, 1.807) is 21.9 Å². The molecule has 4 amide bonds. The van der Waals surface area contributed by atoms with E-state index in [0.29, 0.717) is 114 Å². The molecule has 7 aliphatic rings. The van der Waals surface area contributed by atoms with Crippen LogP contribution >= 0.6 is 34.8 Å². The Kier molecular flexibility index (Phi) is 34.7. The minimum Gasteiger partial charge on any atom is -0.444 e. The van der Waals surface area contributed by atoms with Gasteiger partial charge in [-0.2, -0.15) is 19.9 Å². The molecular weight excluding hydrogens is 1740 g/mol. The maximum Gasteiger partial charge on any atom is 0.410 e. The lowest BCUT2D eigenvalue weighted by molar-refractivity contribution is -0.128. The van der Waals surface area contributed by atoms with Crippen LogP contribution in [0.1, 0.15) is 163 Å². The number of piperidine rings is 4. The third kappa shape index (κ3) is 28.5. The van der Waals surface area contributed by atoms with Crippen LogP contribution in [0.3, 0.4) is 0 Å². The van der Waals surface area contributed by atoms with Gasteiger partial charge in [-0.1, -0.05) is 114 Å². The molecule has 17 rings (SSSR count). The van der Waals surface area contributed by atoms with Crippen molar-refractivity contribution in [2.75, 3.05) is 142 Å². The highest BCUT2D eigenvalue weighted by Gasteiger charge is 2.36. The number of halogens is 3. The van der Waals surface area contributed by atoms with Crippen molar-refractivity contribution in [1.82, 2.24) is 74.3 Å². The first-order valence-corrected chi connectivity index (χ1v) is 47.4. The van der Waals surface area contributed by atoms with Crippen molar-refractivity contribution in [2.45, 2.75) is 191 Å². The van der Waals surface area contributed by atoms with Gasteiger partial charge in [0.05, 0.1) is 44.6 Å². The summed E-state index contributed by atoms with van der Waals surface area (Å²) < 4.78 is 11.0. The molecule has 10 aromatic rings. The molecule has 14 N–H and O–H groups in total. The second kappa shape index (κ2) is 46.1. The van der Waals surface area contributed by atoms with Crippen molar-refractivity contribution >= 4 is 112 Å². The molecule has 133 heavy (non-hydrogen) atoms. The number of hydrogen-bond acceptors (Lipinski definition) is 26. The lowest BCUT2D eigenvalue weighted by Gasteiger charge is -2.44. The Morgan fingerprint density at radius 3 is 1.26 bits per heavy atom. The molecule has 33 heteroatoms. The fourth-order valence-corrected chi connectivity index (χ4v) is 17.9. The third-order valence-corrected chi connectivity index (χ3v) is 26.2. The number of carbonyl (C=O) groups is 4. The predicted molar refractivity (Wildman–Crippen MR) is 535 cm³/mol. The second-order valence-corrected chi connectivity index (χ2v) is 38.3. The van der Waals surface area contributed by atoms with Crippen LogP contribution in [0.4, 0.5) is 62.6 Å². The third-order valence-electron chi connectivity index (χ3n) is 25.0. The van der Waals surface area contributed by atoms with Gasteiger partial charge in [-0.05, 0) is 249 Å². The Hall–Kier alpha value is -12.0. The molecule has 708 valence electrons. The van der Waals surface area contributed by atoms with Crippen LogP contribution in [0, 0.1) is 66.2 Å². The number of aromatic nitrogens is 10. The van der Waals surface area contributed by atoms with Gasteiger partial charge in [-0.15, -0.1) is 0 Å². The van der Waals surface area contributed by atoms with Crippen molar-refractivity contribution < 1.29 is 28.7 Å². The Labute approximate surface area is 797 Å². The van der Waals surface area contributed by atoms with Crippen LogP contribution in [-0.2, 0) is 25.5 Å². The van der Waals surface area contributed by atoms with Crippen LogP contribution in [-0.4, -0.2) is 207 Å². The maximum atomic E-state index is 12.5. The van der Waals surface area contributed by atoms with Crippen LogP contribution in [0.2, 0.25) is 15.1 Å². The number of aryl methyl sites for hydroxylation is 3. The van der Waals surface area contributed by atoms with E-state index in [0.717, 1.165) is 153 Å².